The first-order valence-corrected chi connectivity index (χ1v) is 7.81. The summed E-state index contributed by atoms with van der Waals surface area (Å²) in [5.74, 6) is -1.24. The molecule has 0 saturated heterocycles. The number of likely N-dealkylation sites (N-methyl/N-ethyl adjacent to an activating group) is 1. The molecule has 1 atom stereocenters. The molecule has 1 amide bonds. The lowest BCUT2D eigenvalue weighted by Gasteiger charge is -2.21. The Morgan fingerprint density at radius 1 is 1.41 bits per heavy atom. The highest BCUT2D eigenvalue weighted by Crippen LogP contribution is 2.35. The summed E-state index contributed by atoms with van der Waals surface area (Å²) in [7, 11) is 1.58. The lowest BCUT2D eigenvalue weighted by Crippen LogP contribution is -2.31. The molecule has 7 heteroatoms. The molecule has 6 nitrogen and oxygen atoms in total. The summed E-state index contributed by atoms with van der Waals surface area (Å²) < 4.78 is 0. The van der Waals surface area contributed by atoms with Gasteiger partial charge in [0.1, 0.15) is 11.1 Å². The fraction of sp³-hybridized carbons (Fsp3) is 0.333. The van der Waals surface area contributed by atoms with Crippen LogP contribution in [0.15, 0.2) is 35.5 Å². The van der Waals surface area contributed by atoms with Gasteiger partial charge in [0.2, 0.25) is 5.78 Å². The highest BCUT2D eigenvalue weighted by molar-refractivity contribution is 8.00. The van der Waals surface area contributed by atoms with E-state index in [1.54, 1.807) is 25.2 Å². The molecule has 2 rings (SSSR count). The SMILES string of the molecule is CCSC1C(C(=O)c2ccccn2)=C(CC(=O)O)C(=O)N1C. The Kier molecular flexibility index (Phi) is 4.97. The molecule has 0 spiro atoms. The zero-order valence-electron chi connectivity index (χ0n) is 12.3. The first kappa shape index (κ1) is 16.2. The van der Waals surface area contributed by atoms with E-state index in [0.29, 0.717) is 5.75 Å². The van der Waals surface area contributed by atoms with Crippen LogP contribution < -0.4 is 0 Å². The minimum atomic E-state index is -1.13. The predicted octanol–water partition coefficient (Wildman–Crippen LogP) is 1.59. The van der Waals surface area contributed by atoms with E-state index in [1.807, 2.05) is 6.92 Å². The number of hydrogen-bond acceptors (Lipinski definition) is 5. The highest BCUT2D eigenvalue weighted by Gasteiger charge is 2.41. The summed E-state index contributed by atoms with van der Waals surface area (Å²) >= 11 is 1.42. The van der Waals surface area contributed by atoms with Crippen molar-refractivity contribution in [2.45, 2.75) is 18.7 Å². The summed E-state index contributed by atoms with van der Waals surface area (Å²) in [5, 5.41) is 8.55. The largest absolute Gasteiger partial charge is 0.481 e. The van der Waals surface area contributed by atoms with Crippen LogP contribution in [0, 0.1) is 0 Å². The van der Waals surface area contributed by atoms with Crippen LogP contribution in [0.1, 0.15) is 23.8 Å². The third kappa shape index (κ3) is 3.04. The number of hydrogen-bond donors (Lipinski definition) is 1. The average Bonchev–Trinajstić information content (AvgIpc) is 2.72. The number of aromatic nitrogens is 1. The second kappa shape index (κ2) is 6.74. The quantitative estimate of drug-likeness (QED) is 0.801. The van der Waals surface area contributed by atoms with Crippen molar-refractivity contribution in [2.24, 2.45) is 0 Å². The van der Waals surface area contributed by atoms with E-state index in [0.717, 1.165) is 0 Å². The van der Waals surface area contributed by atoms with Crippen LogP contribution >= 0.6 is 11.8 Å². The molecule has 116 valence electrons. The molecule has 1 aromatic rings. The Morgan fingerprint density at radius 3 is 2.68 bits per heavy atom. The topological polar surface area (TPSA) is 87.6 Å². The van der Waals surface area contributed by atoms with Crippen LogP contribution in [0.3, 0.4) is 0 Å². The molecule has 1 aromatic heterocycles. The fourth-order valence-corrected chi connectivity index (χ4v) is 3.39. The maximum absolute atomic E-state index is 12.7. The van der Waals surface area contributed by atoms with Crippen LogP contribution in [-0.2, 0) is 9.59 Å². The van der Waals surface area contributed by atoms with E-state index in [9.17, 15) is 14.4 Å². The molecule has 0 aromatic carbocycles. The molecule has 1 unspecified atom stereocenters. The second-order valence-electron chi connectivity index (χ2n) is 4.73. The highest BCUT2D eigenvalue weighted by atomic mass is 32.2. The Hall–Kier alpha value is -2.15. The van der Waals surface area contributed by atoms with Crippen LogP contribution in [0.4, 0.5) is 0 Å². The molecule has 22 heavy (non-hydrogen) atoms. The summed E-state index contributed by atoms with van der Waals surface area (Å²) in [6.07, 6.45) is 1.03. The van der Waals surface area contributed by atoms with Crippen molar-refractivity contribution in [3.05, 3.63) is 41.2 Å². The maximum Gasteiger partial charge on any atom is 0.308 e. The maximum atomic E-state index is 12.7. The summed E-state index contributed by atoms with van der Waals surface area (Å²) in [6, 6.07) is 4.93. The minimum Gasteiger partial charge on any atom is -0.481 e. The number of rotatable bonds is 6. The van der Waals surface area contributed by atoms with E-state index in [4.69, 9.17) is 5.11 Å². The van der Waals surface area contributed by atoms with Gasteiger partial charge in [0.25, 0.3) is 5.91 Å². The van der Waals surface area contributed by atoms with Gasteiger partial charge in [-0.15, -0.1) is 11.8 Å². The van der Waals surface area contributed by atoms with Crippen molar-refractivity contribution in [1.82, 2.24) is 9.88 Å². The van der Waals surface area contributed by atoms with Gasteiger partial charge in [-0.05, 0) is 17.9 Å². The van der Waals surface area contributed by atoms with Gasteiger partial charge in [0, 0.05) is 24.4 Å². The number of ketones is 1. The smallest absolute Gasteiger partial charge is 0.308 e. The monoisotopic (exact) mass is 320 g/mol. The molecule has 0 radical (unpaired) electrons. The van der Waals surface area contributed by atoms with Crippen molar-refractivity contribution >= 4 is 29.4 Å². The molecular formula is C15H16N2O4S. The molecule has 0 bridgehead atoms. The summed E-state index contributed by atoms with van der Waals surface area (Å²) in [4.78, 5) is 41.5. The van der Waals surface area contributed by atoms with Gasteiger partial charge in [-0.1, -0.05) is 13.0 Å². The van der Waals surface area contributed by atoms with Gasteiger partial charge < -0.3 is 10.0 Å². The van der Waals surface area contributed by atoms with Crippen molar-refractivity contribution in [1.29, 1.82) is 0 Å². The Labute approximate surface area is 132 Å². The molecule has 1 aliphatic rings. The zero-order valence-corrected chi connectivity index (χ0v) is 13.1. The van der Waals surface area contributed by atoms with Crippen LogP contribution in [0.25, 0.3) is 0 Å². The summed E-state index contributed by atoms with van der Waals surface area (Å²) in [6.45, 7) is 1.92. The Balaban J connectivity index is 2.51. The van der Waals surface area contributed by atoms with Gasteiger partial charge in [0.05, 0.1) is 6.42 Å². The first-order valence-electron chi connectivity index (χ1n) is 6.76. The van der Waals surface area contributed by atoms with Gasteiger partial charge in [-0.25, -0.2) is 0 Å². The van der Waals surface area contributed by atoms with Crippen LogP contribution in [0.2, 0.25) is 0 Å². The zero-order chi connectivity index (χ0) is 16.3. The van der Waals surface area contributed by atoms with E-state index < -0.39 is 23.7 Å². The molecule has 0 saturated carbocycles. The standard InChI is InChI=1S/C15H16N2O4S/c1-3-22-15-12(13(20)10-6-4-5-7-16-10)9(8-11(18)19)14(21)17(15)2/h4-7,15H,3,8H2,1-2H3,(H,18,19). The molecule has 2 heterocycles. The number of Topliss-reactive ketones (excluding diaryl/α,β-unsaturated/α-hetero) is 1. The minimum absolute atomic E-state index is 0.0524. The molecule has 0 aliphatic carbocycles. The number of amides is 1. The number of nitrogens with zero attached hydrogens (tertiary/aromatic N) is 2. The number of carboxylic acid groups (broad SMARTS) is 1. The van der Waals surface area contributed by atoms with Gasteiger partial charge >= 0.3 is 5.97 Å². The number of aliphatic carboxylic acids is 1. The van der Waals surface area contributed by atoms with Gasteiger partial charge in [-0.3, -0.25) is 19.4 Å². The second-order valence-corrected chi connectivity index (χ2v) is 6.09. The number of thioether (sulfide) groups is 1. The number of pyridine rings is 1. The van der Waals surface area contributed by atoms with E-state index in [2.05, 4.69) is 4.98 Å². The van der Waals surface area contributed by atoms with Crippen LogP contribution in [-0.4, -0.2) is 50.8 Å². The normalized spacial score (nSPS) is 18.0. The Morgan fingerprint density at radius 2 is 2.14 bits per heavy atom. The van der Waals surface area contributed by atoms with Crippen molar-refractivity contribution in [2.75, 3.05) is 12.8 Å². The van der Waals surface area contributed by atoms with Crippen molar-refractivity contribution < 1.29 is 19.5 Å². The molecule has 1 N–H and O–H groups in total. The van der Waals surface area contributed by atoms with E-state index >= 15 is 0 Å². The Bertz CT molecular complexity index is 642. The molecule has 0 fully saturated rings. The molecule has 1 aliphatic heterocycles. The third-order valence-corrected chi connectivity index (χ3v) is 4.50. The first-order chi connectivity index (χ1) is 10.5. The van der Waals surface area contributed by atoms with Gasteiger partial charge in [-0.2, -0.15) is 0 Å². The predicted molar refractivity (Wildman–Crippen MR) is 82.5 cm³/mol. The van der Waals surface area contributed by atoms with Crippen molar-refractivity contribution in [3.63, 3.8) is 0 Å². The lowest BCUT2D eigenvalue weighted by atomic mass is 10.0. The summed E-state index contributed by atoms with van der Waals surface area (Å²) in [5.41, 5.74) is 0.502. The van der Waals surface area contributed by atoms with Crippen LogP contribution in [0.5, 0.6) is 0 Å². The number of carbonyl (C=O) groups is 3. The van der Waals surface area contributed by atoms with Crippen molar-refractivity contribution in [3.8, 4) is 0 Å². The van der Waals surface area contributed by atoms with E-state index in [-0.39, 0.29) is 22.6 Å². The lowest BCUT2D eigenvalue weighted by molar-refractivity contribution is -0.137. The van der Waals surface area contributed by atoms with Gasteiger partial charge in [0.15, 0.2) is 0 Å². The number of carboxylic acids is 1. The third-order valence-electron chi connectivity index (χ3n) is 3.30. The molecular weight excluding hydrogens is 304 g/mol. The van der Waals surface area contributed by atoms with E-state index in [1.165, 1.54) is 22.9 Å². The average molecular weight is 320 g/mol. The fourth-order valence-electron chi connectivity index (χ4n) is 2.34. The number of carbonyl (C=O) groups excluding carboxylic acids is 2.